The molecule has 1 atom stereocenters. The van der Waals surface area contributed by atoms with Crippen LogP contribution in [0.2, 0.25) is 0 Å². The predicted molar refractivity (Wildman–Crippen MR) is 93.2 cm³/mol. The number of ether oxygens (including phenoxy) is 1. The third-order valence-corrected chi connectivity index (χ3v) is 4.32. The second kappa shape index (κ2) is 7.11. The Balaban J connectivity index is 1.79. The fraction of sp³-hybridized carbons (Fsp3) is 0.263. The molecule has 1 N–H and O–H groups in total. The van der Waals surface area contributed by atoms with Gasteiger partial charge in [0.05, 0.1) is 18.7 Å². The molecule has 1 unspecified atom stereocenters. The molecule has 1 fully saturated rings. The molecule has 5 nitrogen and oxygen atoms in total. The van der Waals surface area contributed by atoms with E-state index in [0.717, 1.165) is 22.6 Å². The monoisotopic (exact) mass is 360 g/mol. The summed E-state index contributed by atoms with van der Waals surface area (Å²) in [6, 6.07) is 8.71. The van der Waals surface area contributed by atoms with Crippen molar-refractivity contribution >= 4 is 23.2 Å². The molecule has 0 aromatic heterocycles. The van der Waals surface area contributed by atoms with Crippen molar-refractivity contribution in [3.63, 3.8) is 0 Å². The number of anilines is 2. The van der Waals surface area contributed by atoms with Crippen LogP contribution in [0, 0.1) is 24.5 Å². The number of carbonyl (C=O) groups is 2. The minimum absolute atomic E-state index is 0.0867. The van der Waals surface area contributed by atoms with E-state index in [9.17, 15) is 18.4 Å². The number of carbonyl (C=O) groups excluding carboxylic acids is 2. The van der Waals surface area contributed by atoms with Gasteiger partial charge in [0.25, 0.3) is 0 Å². The van der Waals surface area contributed by atoms with Crippen LogP contribution in [0.5, 0.6) is 5.75 Å². The SMILES string of the molecule is COc1ccc(C)cc1NC(=O)C1CC(=O)N(c2c(F)cccc2F)C1. The normalized spacial score (nSPS) is 16.7. The summed E-state index contributed by atoms with van der Waals surface area (Å²) in [4.78, 5) is 25.8. The molecule has 1 aliphatic rings. The molecule has 1 saturated heterocycles. The minimum Gasteiger partial charge on any atom is -0.495 e. The van der Waals surface area contributed by atoms with Gasteiger partial charge in [-0.25, -0.2) is 8.78 Å². The van der Waals surface area contributed by atoms with Gasteiger partial charge < -0.3 is 15.0 Å². The van der Waals surface area contributed by atoms with Crippen LogP contribution in [0.4, 0.5) is 20.2 Å². The van der Waals surface area contributed by atoms with Gasteiger partial charge in [-0.3, -0.25) is 9.59 Å². The molecule has 0 saturated carbocycles. The Morgan fingerprint density at radius 2 is 1.92 bits per heavy atom. The Morgan fingerprint density at radius 3 is 2.58 bits per heavy atom. The fourth-order valence-corrected chi connectivity index (χ4v) is 3.00. The standard InChI is InChI=1S/C19H18F2N2O3/c1-11-6-7-16(26-2)15(8-11)22-19(25)12-9-17(24)23(10-12)18-13(20)4-3-5-14(18)21/h3-8,12H,9-10H2,1-2H3,(H,22,25). The molecule has 1 heterocycles. The lowest BCUT2D eigenvalue weighted by Gasteiger charge is -2.18. The van der Waals surface area contributed by atoms with Crippen LogP contribution in [0.15, 0.2) is 36.4 Å². The molecular formula is C19H18F2N2O3. The third kappa shape index (κ3) is 3.37. The van der Waals surface area contributed by atoms with Gasteiger partial charge in [0.15, 0.2) is 0 Å². The lowest BCUT2D eigenvalue weighted by atomic mass is 10.1. The summed E-state index contributed by atoms with van der Waals surface area (Å²) in [7, 11) is 1.49. The second-order valence-electron chi connectivity index (χ2n) is 6.17. The molecule has 26 heavy (non-hydrogen) atoms. The van der Waals surface area contributed by atoms with E-state index < -0.39 is 35.1 Å². The number of para-hydroxylation sites is 1. The van der Waals surface area contributed by atoms with Gasteiger partial charge in [0.1, 0.15) is 23.1 Å². The number of nitrogens with one attached hydrogen (secondary N) is 1. The zero-order chi connectivity index (χ0) is 18.8. The lowest BCUT2D eigenvalue weighted by molar-refractivity contribution is -0.122. The van der Waals surface area contributed by atoms with Gasteiger partial charge in [0.2, 0.25) is 11.8 Å². The van der Waals surface area contributed by atoms with E-state index in [1.165, 1.54) is 13.2 Å². The van der Waals surface area contributed by atoms with E-state index in [2.05, 4.69) is 5.32 Å². The first kappa shape index (κ1) is 17.8. The maximum Gasteiger partial charge on any atom is 0.229 e. The van der Waals surface area contributed by atoms with E-state index in [1.54, 1.807) is 12.1 Å². The number of nitrogens with zero attached hydrogens (tertiary/aromatic N) is 1. The average Bonchev–Trinajstić information content (AvgIpc) is 2.97. The molecule has 2 amide bonds. The summed E-state index contributed by atoms with van der Waals surface area (Å²) in [5.41, 5.74) is 1.00. The summed E-state index contributed by atoms with van der Waals surface area (Å²) >= 11 is 0. The number of amides is 2. The lowest BCUT2D eigenvalue weighted by Crippen LogP contribution is -2.29. The molecule has 3 rings (SSSR count). The smallest absolute Gasteiger partial charge is 0.229 e. The van der Waals surface area contributed by atoms with E-state index >= 15 is 0 Å². The Hall–Kier alpha value is -2.96. The molecule has 2 aromatic rings. The van der Waals surface area contributed by atoms with Crippen LogP contribution in [0.1, 0.15) is 12.0 Å². The number of halogens is 2. The molecule has 136 valence electrons. The van der Waals surface area contributed by atoms with E-state index in [-0.39, 0.29) is 13.0 Å². The van der Waals surface area contributed by atoms with Crippen molar-refractivity contribution in [2.24, 2.45) is 5.92 Å². The van der Waals surface area contributed by atoms with Crippen LogP contribution in [0.25, 0.3) is 0 Å². The van der Waals surface area contributed by atoms with Crippen molar-refractivity contribution in [2.45, 2.75) is 13.3 Å². The fourth-order valence-electron chi connectivity index (χ4n) is 3.00. The van der Waals surface area contributed by atoms with Crippen LogP contribution in [-0.2, 0) is 9.59 Å². The van der Waals surface area contributed by atoms with Crippen LogP contribution in [-0.4, -0.2) is 25.5 Å². The second-order valence-corrected chi connectivity index (χ2v) is 6.17. The average molecular weight is 360 g/mol. The van der Waals surface area contributed by atoms with Gasteiger partial charge in [0, 0.05) is 13.0 Å². The highest BCUT2D eigenvalue weighted by Gasteiger charge is 2.37. The Labute approximate surface area is 149 Å². The van der Waals surface area contributed by atoms with Gasteiger partial charge in [-0.1, -0.05) is 12.1 Å². The summed E-state index contributed by atoms with van der Waals surface area (Å²) in [6.07, 6.45) is -0.117. The van der Waals surface area contributed by atoms with E-state index in [4.69, 9.17) is 4.74 Å². The predicted octanol–water partition coefficient (Wildman–Crippen LogP) is 3.27. The maximum absolute atomic E-state index is 13.9. The Morgan fingerprint density at radius 1 is 1.23 bits per heavy atom. The van der Waals surface area contributed by atoms with Crippen molar-refractivity contribution in [3.8, 4) is 5.75 Å². The van der Waals surface area contributed by atoms with Crippen molar-refractivity contribution < 1.29 is 23.1 Å². The van der Waals surface area contributed by atoms with Crippen molar-refractivity contribution in [3.05, 3.63) is 53.6 Å². The number of benzene rings is 2. The molecule has 0 radical (unpaired) electrons. The molecule has 1 aliphatic heterocycles. The van der Waals surface area contributed by atoms with Crippen molar-refractivity contribution in [1.82, 2.24) is 0 Å². The largest absolute Gasteiger partial charge is 0.495 e. The number of aryl methyl sites for hydroxylation is 1. The highest BCUT2D eigenvalue weighted by molar-refractivity contribution is 6.04. The highest BCUT2D eigenvalue weighted by atomic mass is 19.1. The molecule has 7 heteroatoms. The van der Waals surface area contributed by atoms with Gasteiger partial charge in [-0.05, 0) is 36.8 Å². The first-order valence-electron chi connectivity index (χ1n) is 8.10. The topological polar surface area (TPSA) is 58.6 Å². The summed E-state index contributed by atoms with van der Waals surface area (Å²) in [5, 5.41) is 2.74. The number of methoxy groups -OCH3 is 1. The number of hydrogen-bond donors (Lipinski definition) is 1. The van der Waals surface area contributed by atoms with Gasteiger partial charge >= 0.3 is 0 Å². The van der Waals surface area contributed by atoms with Crippen molar-refractivity contribution in [2.75, 3.05) is 23.9 Å². The zero-order valence-corrected chi connectivity index (χ0v) is 14.4. The summed E-state index contributed by atoms with van der Waals surface area (Å²) < 4.78 is 33.1. The number of rotatable bonds is 4. The Bertz CT molecular complexity index is 850. The van der Waals surface area contributed by atoms with Gasteiger partial charge in [-0.2, -0.15) is 0 Å². The zero-order valence-electron chi connectivity index (χ0n) is 14.4. The maximum atomic E-state index is 13.9. The quantitative estimate of drug-likeness (QED) is 0.910. The van der Waals surface area contributed by atoms with Crippen LogP contribution < -0.4 is 15.0 Å². The minimum atomic E-state index is -0.834. The summed E-state index contributed by atoms with van der Waals surface area (Å²) in [5.74, 6) is -2.79. The first-order chi connectivity index (χ1) is 12.4. The number of hydrogen-bond acceptors (Lipinski definition) is 3. The third-order valence-electron chi connectivity index (χ3n) is 4.32. The summed E-state index contributed by atoms with van der Waals surface area (Å²) in [6.45, 7) is 1.79. The van der Waals surface area contributed by atoms with Crippen LogP contribution >= 0.6 is 0 Å². The molecule has 0 bridgehead atoms. The van der Waals surface area contributed by atoms with E-state index in [0.29, 0.717) is 11.4 Å². The Kier molecular flexibility index (Phi) is 4.88. The first-order valence-corrected chi connectivity index (χ1v) is 8.10. The van der Waals surface area contributed by atoms with Crippen molar-refractivity contribution in [1.29, 1.82) is 0 Å². The molecular weight excluding hydrogens is 342 g/mol. The van der Waals surface area contributed by atoms with E-state index in [1.807, 2.05) is 13.0 Å². The van der Waals surface area contributed by atoms with Crippen LogP contribution in [0.3, 0.4) is 0 Å². The molecule has 0 aliphatic carbocycles. The van der Waals surface area contributed by atoms with Gasteiger partial charge in [-0.15, -0.1) is 0 Å². The highest BCUT2D eigenvalue weighted by Crippen LogP contribution is 2.31. The molecule has 2 aromatic carbocycles. The molecule has 0 spiro atoms.